The first-order valence-corrected chi connectivity index (χ1v) is 8.96. The maximum atomic E-state index is 12.4. The highest BCUT2D eigenvalue weighted by Crippen LogP contribution is 2.19. The third-order valence-electron chi connectivity index (χ3n) is 4.95. The summed E-state index contributed by atoms with van der Waals surface area (Å²) in [6.07, 6.45) is 1.59. The van der Waals surface area contributed by atoms with E-state index in [4.69, 9.17) is 5.73 Å². The Balaban J connectivity index is 1.85. The SMILES string of the molecule is Cc1cccc(C)c1NC(=O)CNC(=O)[C@@H](C)N1CCC[C@H](C(N)=O)C1. The van der Waals surface area contributed by atoms with Crippen molar-refractivity contribution in [1.29, 1.82) is 0 Å². The fourth-order valence-electron chi connectivity index (χ4n) is 3.27. The van der Waals surface area contributed by atoms with Gasteiger partial charge in [-0.3, -0.25) is 19.3 Å². The number of carbonyl (C=O) groups excluding carboxylic acids is 3. The van der Waals surface area contributed by atoms with Gasteiger partial charge in [-0.2, -0.15) is 0 Å². The topological polar surface area (TPSA) is 105 Å². The summed E-state index contributed by atoms with van der Waals surface area (Å²) in [5.41, 5.74) is 8.11. The molecule has 0 spiro atoms. The van der Waals surface area contributed by atoms with Gasteiger partial charge in [0.15, 0.2) is 0 Å². The Hall–Kier alpha value is -2.41. The molecule has 0 radical (unpaired) electrons. The van der Waals surface area contributed by atoms with Crippen LogP contribution < -0.4 is 16.4 Å². The van der Waals surface area contributed by atoms with Gasteiger partial charge in [-0.15, -0.1) is 0 Å². The van der Waals surface area contributed by atoms with Crippen molar-refractivity contribution in [2.75, 3.05) is 25.0 Å². The molecule has 1 saturated heterocycles. The maximum Gasteiger partial charge on any atom is 0.243 e. The average molecular weight is 360 g/mol. The highest BCUT2D eigenvalue weighted by Gasteiger charge is 2.29. The van der Waals surface area contributed by atoms with Crippen molar-refractivity contribution in [3.05, 3.63) is 29.3 Å². The summed E-state index contributed by atoms with van der Waals surface area (Å²) in [5.74, 6) is -1.04. The lowest BCUT2D eigenvalue weighted by Crippen LogP contribution is -2.51. The molecule has 2 atom stereocenters. The van der Waals surface area contributed by atoms with E-state index in [1.165, 1.54) is 0 Å². The van der Waals surface area contributed by atoms with Gasteiger partial charge < -0.3 is 16.4 Å². The van der Waals surface area contributed by atoms with Crippen LogP contribution in [0, 0.1) is 19.8 Å². The fourth-order valence-corrected chi connectivity index (χ4v) is 3.27. The average Bonchev–Trinajstić information content (AvgIpc) is 2.62. The van der Waals surface area contributed by atoms with Crippen LogP contribution in [0.1, 0.15) is 30.9 Å². The first-order chi connectivity index (χ1) is 12.3. The first kappa shape index (κ1) is 19.9. The second-order valence-electron chi connectivity index (χ2n) is 6.95. The van der Waals surface area contributed by atoms with E-state index in [2.05, 4.69) is 10.6 Å². The van der Waals surface area contributed by atoms with Crippen LogP contribution in [0.5, 0.6) is 0 Å². The minimum Gasteiger partial charge on any atom is -0.369 e. The van der Waals surface area contributed by atoms with Crippen LogP contribution in [0.25, 0.3) is 0 Å². The molecule has 0 aliphatic carbocycles. The second-order valence-corrected chi connectivity index (χ2v) is 6.95. The summed E-state index contributed by atoms with van der Waals surface area (Å²) in [7, 11) is 0. The normalized spacial score (nSPS) is 18.8. The lowest BCUT2D eigenvalue weighted by Gasteiger charge is -2.34. The molecule has 0 unspecified atom stereocenters. The maximum absolute atomic E-state index is 12.4. The number of para-hydroxylation sites is 1. The third-order valence-corrected chi connectivity index (χ3v) is 4.95. The summed E-state index contributed by atoms with van der Waals surface area (Å²) in [6.45, 7) is 6.77. The minimum absolute atomic E-state index is 0.0932. The number of benzene rings is 1. The van der Waals surface area contributed by atoms with Gasteiger partial charge in [0.25, 0.3) is 0 Å². The molecule has 142 valence electrons. The number of nitrogens with one attached hydrogen (secondary N) is 2. The lowest BCUT2D eigenvalue weighted by molar-refractivity contribution is -0.130. The van der Waals surface area contributed by atoms with Gasteiger partial charge in [0.05, 0.1) is 18.5 Å². The Bertz CT molecular complexity index is 669. The van der Waals surface area contributed by atoms with Gasteiger partial charge in [-0.25, -0.2) is 0 Å². The van der Waals surface area contributed by atoms with Crippen molar-refractivity contribution in [3.8, 4) is 0 Å². The Morgan fingerprint density at radius 1 is 1.27 bits per heavy atom. The van der Waals surface area contributed by atoms with Crippen LogP contribution in [0.15, 0.2) is 18.2 Å². The number of nitrogens with two attached hydrogens (primary N) is 1. The van der Waals surface area contributed by atoms with Crippen LogP contribution in [0.3, 0.4) is 0 Å². The number of aryl methyl sites for hydroxylation is 2. The quantitative estimate of drug-likeness (QED) is 0.702. The van der Waals surface area contributed by atoms with Crippen molar-refractivity contribution in [2.24, 2.45) is 11.7 Å². The van der Waals surface area contributed by atoms with Gasteiger partial charge in [0.1, 0.15) is 0 Å². The molecule has 1 aromatic carbocycles. The largest absolute Gasteiger partial charge is 0.369 e. The van der Waals surface area contributed by atoms with Crippen molar-refractivity contribution in [3.63, 3.8) is 0 Å². The number of nitrogens with zero attached hydrogens (tertiary/aromatic N) is 1. The number of likely N-dealkylation sites (tertiary alicyclic amines) is 1. The molecule has 3 amide bonds. The molecule has 7 nitrogen and oxygen atoms in total. The standard InChI is InChI=1S/C19H28N4O3/c1-12-6-4-7-13(2)17(12)22-16(24)10-21-19(26)14(3)23-9-5-8-15(11-23)18(20)25/h4,6-7,14-15H,5,8-11H2,1-3H3,(H2,20,25)(H,21,26)(H,22,24)/t14-,15+/m1/s1. The smallest absolute Gasteiger partial charge is 0.243 e. The Kier molecular flexibility index (Phi) is 6.74. The van der Waals surface area contributed by atoms with Crippen LogP contribution in [0.4, 0.5) is 5.69 Å². The van der Waals surface area contributed by atoms with E-state index in [0.717, 1.165) is 36.2 Å². The Labute approximate surface area is 154 Å². The lowest BCUT2D eigenvalue weighted by atomic mass is 9.96. The van der Waals surface area contributed by atoms with Gasteiger partial charge in [0, 0.05) is 12.2 Å². The molecule has 7 heteroatoms. The highest BCUT2D eigenvalue weighted by atomic mass is 16.2. The zero-order valence-corrected chi connectivity index (χ0v) is 15.7. The Morgan fingerprint density at radius 2 is 1.92 bits per heavy atom. The molecule has 0 bridgehead atoms. The molecule has 1 fully saturated rings. The van der Waals surface area contributed by atoms with Gasteiger partial charge in [-0.1, -0.05) is 18.2 Å². The number of amides is 3. The predicted octanol–water partition coefficient (Wildman–Crippen LogP) is 0.944. The van der Waals surface area contributed by atoms with Crippen LogP contribution in [-0.2, 0) is 14.4 Å². The van der Waals surface area contributed by atoms with Crippen molar-refractivity contribution in [2.45, 2.75) is 39.7 Å². The van der Waals surface area contributed by atoms with E-state index in [9.17, 15) is 14.4 Å². The van der Waals surface area contributed by atoms with E-state index in [-0.39, 0.29) is 30.2 Å². The van der Waals surface area contributed by atoms with E-state index >= 15 is 0 Å². The number of rotatable bonds is 6. The minimum atomic E-state index is -0.412. The molecule has 2 rings (SSSR count). The van der Waals surface area contributed by atoms with E-state index in [0.29, 0.717) is 6.54 Å². The van der Waals surface area contributed by atoms with Gasteiger partial charge in [0.2, 0.25) is 17.7 Å². The van der Waals surface area contributed by atoms with Crippen molar-refractivity contribution >= 4 is 23.4 Å². The first-order valence-electron chi connectivity index (χ1n) is 8.96. The predicted molar refractivity (Wildman–Crippen MR) is 101 cm³/mol. The number of anilines is 1. The summed E-state index contributed by atoms with van der Waals surface area (Å²) in [4.78, 5) is 37.8. The molecule has 4 N–H and O–H groups in total. The number of primary amides is 1. The summed E-state index contributed by atoms with van der Waals surface area (Å²) in [6, 6.07) is 5.37. The summed E-state index contributed by atoms with van der Waals surface area (Å²) in [5, 5.41) is 5.52. The number of piperidine rings is 1. The van der Waals surface area contributed by atoms with Gasteiger partial charge in [-0.05, 0) is 51.3 Å². The third kappa shape index (κ3) is 5.05. The van der Waals surface area contributed by atoms with E-state index in [1.807, 2.05) is 36.9 Å². The molecule has 1 heterocycles. The molecule has 26 heavy (non-hydrogen) atoms. The second kappa shape index (κ2) is 8.80. The molecular formula is C19H28N4O3. The Morgan fingerprint density at radius 3 is 2.54 bits per heavy atom. The number of hydrogen-bond donors (Lipinski definition) is 3. The summed E-state index contributed by atoms with van der Waals surface area (Å²) < 4.78 is 0. The number of hydrogen-bond acceptors (Lipinski definition) is 4. The van der Waals surface area contributed by atoms with E-state index < -0.39 is 6.04 Å². The molecule has 1 aliphatic rings. The highest BCUT2D eigenvalue weighted by molar-refractivity contribution is 5.96. The van der Waals surface area contributed by atoms with Crippen LogP contribution in [-0.4, -0.2) is 48.3 Å². The fraction of sp³-hybridized carbons (Fsp3) is 0.526. The van der Waals surface area contributed by atoms with E-state index in [1.54, 1.807) is 6.92 Å². The van der Waals surface area contributed by atoms with Crippen molar-refractivity contribution < 1.29 is 14.4 Å². The zero-order chi connectivity index (χ0) is 19.3. The molecule has 0 saturated carbocycles. The molecular weight excluding hydrogens is 332 g/mol. The molecule has 0 aromatic heterocycles. The number of carbonyl (C=O) groups is 3. The molecule has 1 aliphatic heterocycles. The molecule has 1 aromatic rings. The van der Waals surface area contributed by atoms with Crippen LogP contribution >= 0.6 is 0 Å². The van der Waals surface area contributed by atoms with Crippen LogP contribution in [0.2, 0.25) is 0 Å². The summed E-state index contributed by atoms with van der Waals surface area (Å²) >= 11 is 0. The van der Waals surface area contributed by atoms with Gasteiger partial charge >= 0.3 is 0 Å². The zero-order valence-electron chi connectivity index (χ0n) is 15.7. The van der Waals surface area contributed by atoms with Crippen molar-refractivity contribution in [1.82, 2.24) is 10.2 Å². The monoisotopic (exact) mass is 360 g/mol.